The number of halogens is 1. The molecule has 1 atom stereocenters. The molecule has 2 N–H and O–H groups in total. The fourth-order valence-electron chi connectivity index (χ4n) is 2.30. The van der Waals surface area contributed by atoms with E-state index in [1.54, 1.807) is 6.07 Å². The highest BCUT2D eigenvalue weighted by molar-refractivity contribution is 5.78. The first-order valence-corrected chi connectivity index (χ1v) is 7.45. The monoisotopic (exact) mass is 293 g/mol. The molecule has 0 heterocycles. The third kappa shape index (κ3) is 5.44. The summed E-state index contributed by atoms with van der Waals surface area (Å²) in [4.78, 5) is 13.8. The Labute approximate surface area is 125 Å². The normalized spacial score (nSPS) is 16.0. The van der Waals surface area contributed by atoms with Gasteiger partial charge in [0.15, 0.2) is 0 Å². The minimum atomic E-state index is -0.253. The van der Waals surface area contributed by atoms with Crippen LogP contribution in [0, 0.1) is 11.7 Å². The lowest BCUT2D eigenvalue weighted by Gasteiger charge is -2.25. The molecule has 2 rings (SSSR count). The Balaban J connectivity index is 1.80. The van der Waals surface area contributed by atoms with E-state index in [9.17, 15) is 9.18 Å². The zero-order chi connectivity index (χ0) is 15.2. The third-order valence-corrected chi connectivity index (χ3v) is 3.76. The lowest BCUT2D eigenvalue weighted by atomic mass is 10.1. The lowest BCUT2D eigenvalue weighted by Crippen LogP contribution is -2.39. The van der Waals surface area contributed by atoms with E-state index in [2.05, 4.69) is 10.6 Å². The average molecular weight is 293 g/mol. The van der Waals surface area contributed by atoms with Crippen LogP contribution in [0.2, 0.25) is 0 Å². The van der Waals surface area contributed by atoms with Crippen LogP contribution in [0.5, 0.6) is 0 Å². The maximum absolute atomic E-state index is 13.3. The second-order valence-electron chi connectivity index (χ2n) is 5.91. The second kappa shape index (κ2) is 7.52. The lowest BCUT2D eigenvalue weighted by molar-refractivity contribution is -0.120. The Morgan fingerprint density at radius 1 is 1.43 bits per heavy atom. The van der Waals surface area contributed by atoms with Gasteiger partial charge in [-0.1, -0.05) is 12.1 Å². The molecule has 5 heteroatoms. The molecular formula is C16H24FN3O. The molecule has 1 aromatic rings. The van der Waals surface area contributed by atoms with Crippen LogP contribution in [-0.4, -0.2) is 44.5 Å². The first-order chi connectivity index (χ1) is 10.1. The molecule has 0 aliphatic heterocycles. The van der Waals surface area contributed by atoms with Gasteiger partial charge < -0.3 is 15.5 Å². The van der Waals surface area contributed by atoms with E-state index in [1.807, 2.05) is 25.1 Å². The van der Waals surface area contributed by atoms with Crippen molar-refractivity contribution >= 4 is 5.91 Å². The Morgan fingerprint density at radius 2 is 2.19 bits per heavy atom. The molecular weight excluding hydrogens is 269 g/mol. The van der Waals surface area contributed by atoms with Crippen molar-refractivity contribution in [2.75, 3.05) is 33.7 Å². The van der Waals surface area contributed by atoms with Crippen molar-refractivity contribution in [1.29, 1.82) is 0 Å². The summed E-state index contributed by atoms with van der Waals surface area (Å²) >= 11 is 0. The van der Waals surface area contributed by atoms with Crippen LogP contribution in [0.25, 0.3) is 0 Å². The molecule has 0 bridgehead atoms. The van der Waals surface area contributed by atoms with Crippen molar-refractivity contribution in [1.82, 2.24) is 15.5 Å². The van der Waals surface area contributed by atoms with Gasteiger partial charge in [0.2, 0.25) is 5.91 Å². The van der Waals surface area contributed by atoms with Gasteiger partial charge in [-0.25, -0.2) is 4.39 Å². The number of amides is 1. The average Bonchev–Trinajstić information content (AvgIpc) is 3.23. The summed E-state index contributed by atoms with van der Waals surface area (Å²) in [7, 11) is 3.85. The van der Waals surface area contributed by atoms with Crippen LogP contribution < -0.4 is 10.6 Å². The standard InChI is InChI=1S/C16H24FN3O/c1-20(2)15(13-4-3-5-14(17)8-13)10-19-16(21)11-18-9-12-6-7-12/h3-5,8,12,15,18H,6-7,9-11H2,1-2H3,(H,19,21). The first kappa shape index (κ1) is 15.9. The Morgan fingerprint density at radius 3 is 2.81 bits per heavy atom. The van der Waals surface area contributed by atoms with E-state index in [1.165, 1.54) is 25.0 Å². The van der Waals surface area contributed by atoms with Crippen molar-refractivity contribution < 1.29 is 9.18 Å². The largest absolute Gasteiger partial charge is 0.353 e. The number of likely N-dealkylation sites (N-methyl/N-ethyl adjacent to an activating group) is 1. The van der Waals surface area contributed by atoms with E-state index in [0.29, 0.717) is 13.1 Å². The fraction of sp³-hybridized carbons (Fsp3) is 0.562. The van der Waals surface area contributed by atoms with Crippen LogP contribution in [0.15, 0.2) is 24.3 Å². The zero-order valence-corrected chi connectivity index (χ0v) is 12.7. The molecule has 1 amide bonds. The van der Waals surface area contributed by atoms with Crippen molar-refractivity contribution in [2.24, 2.45) is 5.92 Å². The van der Waals surface area contributed by atoms with E-state index in [-0.39, 0.29) is 17.8 Å². The zero-order valence-electron chi connectivity index (χ0n) is 12.7. The third-order valence-electron chi connectivity index (χ3n) is 3.76. The van der Waals surface area contributed by atoms with Gasteiger partial charge in [0.1, 0.15) is 5.82 Å². The van der Waals surface area contributed by atoms with Crippen LogP contribution in [0.4, 0.5) is 4.39 Å². The number of hydrogen-bond donors (Lipinski definition) is 2. The van der Waals surface area contributed by atoms with Gasteiger partial charge in [-0.15, -0.1) is 0 Å². The van der Waals surface area contributed by atoms with Crippen LogP contribution >= 0.6 is 0 Å². The van der Waals surface area contributed by atoms with Crippen LogP contribution in [0.1, 0.15) is 24.4 Å². The summed E-state index contributed by atoms with van der Waals surface area (Å²) in [6.07, 6.45) is 2.55. The van der Waals surface area contributed by atoms with Crippen molar-refractivity contribution in [3.05, 3.63) is 35.6 Å². The molecule has 1 saturated carbocycles. The van der Waals surface area contributed by atoms with Gasteiger partial charge in [-0.2, -0.15) is 0 Å². The van der Waals surface area contributed by atoms with Crippen LogP contribution in [-0.2, 0) is 4.79 Å². The van der Waals surface area contributed by atoms with Gasteiger partial charge in [-0.3, -0.25) is 4.79 Å². The second-order valence-corrected chi connectivity index (χ2v) is 5.91. The number of benzene rings is 1. The summed E-state index contributed by atoms with van der Waals surface area (Å²) in [5.41, 5.74) is 0.867. The van der Waals surface area contributed by atoms with Gasteiger partial charge in [0, 0.05) is 6.54 Å². The number of carbonyl (C=O) groups excluding carboxylic acids is 1. The topological polar surface area (TPSA) is 44.4 Å². The number of nitrogens with one attached hydrogen (secondary N) is 2. The highest BCUT2D eigenvalue weighted by atomic mass is 19.1. The van der Waals surface area contributed by atoms with Gasteiger partial charge >= 0.3 is 0 Å². The maximum atomic E-state index is 13.3. The maximum Gasteiger partial charge on any atom is 0.234 e. The van der Waals surface area contributed by atoms with Crippen molar-refractivity contribution in [3.63, 3.8) is 0 Å². The first-order valence-electron chi connectivity index (χ1n) is 7.45. The highest BCUT2D eigenvalue weighted by Crippen LogP contribution is 2.27. The molecule has 1 aromatic carbocycles. The SMILES string of the molecule is CN(C)C(CNC(=O)CNCC1CC1)c1cccc(F)c1. The smallest absolute Gasteiger partial charge is 0.234 e. The van der Waals surface area contributed by atoms with Crippen molar-refractivity contribution in [3.8, 4) is 0 Å². The number of rotatable bonds is 8. The van der Waals surface area contributed by atoms with E-state index in [4.69, 9.17) is 0 Å². The molecule has 0 radical (unpaired) electrons. The predicted molar refractivity (Wildman–Crippen MR) is 81.4 cm³/mol. The Kier molecular flexibility index (Phi) is 5.70. The minimum Gasteiger partial charge on any atom is -0.353 e. The van der Waals surface area contributed by atoms with E-state index < -0.39 is 0 Å². The number of hydrogen-bond acceptors (Lipinski definition) is 3. The number of carbonyl (C=O) groups is 1. The fourth-order valence-corrected chi connectivity index (χ4v) is 2.30. The molecule has 0 spiro atoms. The molecule has 1 unspecified atom stereocenters. The van der Waals surface area contributed by atoms with Gasteiger partial charge in [0.05, 0.1) is 12.6 Å². The molecule has 1 aliphatic carbocycles. The Hall–Kier alpha value is -1.46. The molecule has 116 valence electrons. The molecule has 4 nitrogen and oxygen atoms in total. The minimum absolute atomic E-state index is 0.0149. The molecule has 0 saturated heterocycles. The summed E-state index contributed by atoms with van der Waals surface area (Å²) < 4.78 is 13.3. The Bertz CT molecular complexity index is 474. The number of nitrogens with zero attached hydrogens (tertiary/aromatic N) is 1. The highest BCUT2D eigenvalue weighted by Gasteiger charge is 2.21. The predicted octanol–water partition coefficient (Wildman–Crippen LogP) is 1.54. The van der Waals surface area contributed by atoms with Gasteiger partial charge in [0.25, 0.3) is 0 Å². The molecule has 1 fully saturated rings. The van der Waals surface area contributed by atoms with Gasteiger partial charge in [-0.05, 0) is 57.1 Å². The summed E-state index contributed by atoms with van der Waals surface area (Å²) in [6.45, 7) is 1.74. The van der Waals surface area contributed by atoms with Crippen molar-refractivity contribution in [2.45, 2.75) is 18.9 Å². The summed E-state index contributed by atoms with van der Waals surface area (Å²) in [5.74, 6) is 0.496. The molecule has 21 heavy (non-hydrogen) atoms. The molecule has 0 aromatic heterocycles. The summed E-state index contributed by atoms with van der Waals surface area (Å²) in [5, 5.41) is 6.07. The molecule has 1 aliphatic rings. The summed E-state index contributed by atoms with van der Waals surface area (Å²) in [6, 6.07) is 6.48. The van der Waals surface area contributed by atoms with E-state index in [0.717, 1.165) is 18.0 Å². The van der Waals surface area contributed by atoms with E-state index >= 15 is 0 Å². The quantitative estimate of drug-likeness (QED) is 0.764. The van der Waals surface area contributed by atoms with Crippen LogP contribution in [0.3, 0.4) is 0 Å².